The Morgan fingerprint density at radius 1 is 1.20 bits per heavy atom. The minimum atomic E-state index is 0.492. The molecule has 0 spiro atoms. The summed E-state index contributed by atoms with van der Waals surface area (Å²) in [6.45, 7) is 1.91. The molecule has 0 aliphatic heterocycles. The predicted molar refractivity (Wildman–Crippen MR) is 58.8 cm³/mol. The SMILES string of the molecule is Cc1cc(Cl)nc(Cc2ccncc2)n1. The van der Waals surface area contributed by atoms with Gasteiger partial charge in [0.25, 0.3) is 0 Å². The number of nitrogens with zero attached hydrogens (tertiary/aromatic N) is 3. The summed E-state index contributed by atoms with van der Waals surface area (Å²) in [4.78, 5) is 12.4. The lowest BCUT2D eigenvalue weighted by Crippen LogP contribution is -1.98. The van der Waals surface area contributed by atoms with Crippen molar-refractivity contribution in [3.63, 3.8) is 0 Å². The first kappa shape index (κ1) is 10.1. The Hall–Kier alpha value is -1.48. The molecule has 0 bridgehead atoms. The Morgan fingerprint density at radius 3 is 2.60 bits per heavy atom. The number of aromatic nitrogens is 3. The van der Waals surface area contributed by atoms with Crippen molar-refractivity contribution < 1.29 is 0 Å². The molecule has 0 aliphatic rings. The molecule has 0 radical (unpaired) electrons. The molecule has 0 aliphatic carbocycles. The summed E-state index contributed by atoms with van der Waals surface area (Å²) in [5.41, 5.74) is 2.02. The maximum Gasteiger partial charge on any atom is 0.134 e. The van der Waals surface area contributed by atoms with Crippen LogP contribution in [0, 0.1) is 6.92 Å². The summed E-state index contributed by atoms with van der Waals surface area (Å²) < 4.78 is 0. The van der Waals surface area contributed by atoms with Crippen molar-refractivity contribution in [2.24, 2.45) is 0 Å². The summed E-state index contributed by atoms with van der Waals surface area (Å²) in [6, 6.07) is 5.64. The quantitative estimate of drug-likeness (QED) is 0.729. The van der Waals surface area contributed by atoms with E-state index in [4.69, 9.17) is 11.6 Å². The average molecular weight is 220 g/mol. The predicted octanol–water partition coefficient (Wildman–Crippen LogP) is 2.42. The zero-order chi connectivity index (χ0) is 10.7. The highest BCUT2D eigenvalue weighted by atomic mass is 35.5. The zero-order valence-electron chi connectivity index (χ0n) is 8.31. The number of hydrogen-bond acceptors (Lipinski definition) is 3. The average Bonchev–Trinajstić information content (AvgIpc) is 2.17. The highest BCUT2D eigenvalue weighted by Gasteiger charge is 2.01. The molecule has 15 heavy (non-hydrogen) atoms. The summed E-state index contributed by atoms with van der Waals surface area (Å²) in [5.74, 6) is 0.742. The van der Waals surface area contributed by atoms with Crippen molar-refractivity contribution in [2.75, 3.05) is 0 Å². The maximum absolute atomic E-state index is 5.85. The van der Waals surface area contributed by atoms with Crippen molar-refractivity contribution >= 4 is 11.6 Å². The number of aryl methyl sites for hydroxylation is 1. The monoisotopic (exact) mass is 219 g/mol. The molecular formula is C11H10ClN3. The molecule has 0 saturated heterocycles. The number of pyridine rings is 1. The van der Waals surface area contributed by atoms with E-state index in [1.54, 1.807) is 18.5 Å². The molecule has 0 fully saturated rings. The Labute approximate surface area is 93.2 Å². The third-order valence-corrected chi connectivity index (χ3v) is 2.17. The van der Waals surface area contributed by atoms with Crippen LogP contribution in [0.2, 0.25) is 5.15 Å². The molecule has 2 heterocycles. The van der Waals surface area contributed by atoms with Crippen molar-refractivity contribution in [1.29, 1.82) is 0 Å². The van der Waals surface area contributed by atoms with E-state index in [9.17, 15) is 0 Å². The van der Waals surface area contributed by atoms with Crippen molar-refractivity contribution in [3.05, 3.63) is 52.8 Å². The Kier molecular flexibility index (Phi) is 2.92. The molecule has 0 amide bonds. The van der Waals surface area contributed by atoms with Gasteiger partial charge in [0.05, 0.1) is 0 Å². The first-order chi connectivity index (χ1) is 7.24. The van der Waals surface area contributed by atoms with Crippen LogP contribution in [0.4, 0.5) is 0 Å². The molecule has 0 N–H and O–H groups in total. The van der Waals surface area contributed by atoms with Crippen LogP contribution < -0.4 is 0 Å². The van der Waals surface area contributed by atoms with Gasteiger partial charge in [-0.05, 0) is 30.7 Å². The van der Waals surface area contributed by atoms with Crippen molar-refractivity contribution in [3.8, 4) is 0 Å². The summed E-state index contributed by atoms with van der Waals surface area (Å²) >= 11 is 5.85. The van der Waals surface area contributed by atoms with Gasteiger partial charge in [-0.25, -0.2) is 9.97 Å². The second-order valence-corrected chi connectivity index (χ2v) is 3.67. The lowest BCUT2D eigenvalue weighted by atomic mass is 10.2. The molecule has 2 aromatic rings. The van der Waals surface area contributed by atoms with Crippen molar-refractivity contribution in [2.45, 2.75) is 13.3 Å². The molecule has 0 saturated carbocycles. The number of halogens is 1. The van der Waals surface area contributed by atoms with Crippen LogP contribution in [0.5, 0.6) is 0 Å². The van der Waals surface area contributed by atoms with Crippen LogP contribution in [-0.2, 0) is 6.42 Å². The topological polar surface area (TPSA) is 38.7 Å². The fourth-order valence-electron chi connectivity index (χ4n) is 1.35. The zero-order valence-corrected chi connectivity index (χ0v) is 9.07. The fourth-order valence-corrected chi connectivity index (χ4v) is 1.61. The van der Waals surface area contributed by atoms with Gasteiger partial charge in [0.2, 0.25) is 0 Å². The van der Waals surface area contributed by atoms with Crippen LogP contribution in [0.1, 0.15) is 17.1 Å². The molecular weight excluding hydrogens is 210 g/mol. The van der Waals surface area contributed by atoms with Crippen LogP contribution in [-0.4, -0.2) is 15.0 Å². The lowest BCUT2D eigenvalue weighted by Gasteiger charge is -2.01. The minimum Gasteiger partial charge on any atom is -0.265 e. The molecule has 2 aromatic heterocycles. The van der Waals surface area contributed by atoms with Gasteiger partial charge in [0.1, 0.15) is 11.0 Å². The van der Waals surface area contributed by atoms with E-state index in [0.717, 1.165) is 17.1 Å². The van der Waals surface area contributed by atoms with Gasteiger partial charge >= 0.3 is 0 Å². The van der Waals surface area contributed by atoms with E-state index in [2.05, 4.69) is 15.0 Å². The lowest BCUT2D eigenvalue weighted by molar-refractivity contribution is 0.940. The first-order valence-electron chi connectivity index (χ1n) is 4.63. The van der Waals surface area contributed by atoms with Gasteiger partial charge in [0.15, 0.2) is 0 Å². The molecule has 3 nitrogen and oxygen atoms in total. The minimum absolute atomic E-state index is 0.492. The largest absolute Gasteiger partial charge is 0.265 e. The van der Waals surface area contributed by atoms with Gasteiger partial charge in [-0.1, -0.05) is 11.6 Å². The maximum atomic E-state index is 5.85. The fraction of sp³-hybridized carbons (Fsp3) is 0.182. The molecule has 2 rings (SSSR count). The molecule has 76 valence electrons. The number of hydrogen-bond donors (Lipinski definition) is 0. The van der Waals surface area contributed by atoms with Crippen molar-refractivity contribution in [1.82, 2.24) is 15.0 Å². The van der Waals surface area contributed by atoms with Crippen LogP contribution in [0.3, 0.4) is 0 Å². The standard InChI is InChI=1S/C11H10ClN3/c1-8-6-10(12)15-11(14-8)7-9-2-4-13-5-3-9/h2-6H,7H2,1H3. The molecule has 0 atom stereocenters. The Morgan fingerprint density at radius 2 is 1.93 bits per heavy atom. The van der Waals surface area contributed by atoms with Gasteiger partial charge in [-0.3, -0.25) is 4.98 Å². The number of rotatable bonds is 2. The van der Waals surface area contributed by atoms with E-state index in [1.807, 2.05) is 19.1 Å². The Bertz CT molecular complexity index is 436. The molecule has 0 aromatic carbocycles. The second kappa shape index (κ2) is 4.36. The summed E-state index contributed by atoms with van der Waals surface area (Å²) in [5, 5.41) is 0.492. The van der Waals surface area contributed by atoms with E-state index in [-0.39, 0.29) is 0 Å². The highest BCUT2D eigenvalue weighted by Crippen LogP contribution is 2.09. The Balaban J connectivity index is 2.25. The van der Waals surface area contributed by atoms with E-state index in [1.165, 1.54) is 0 Å². The van der Waals surface area contributed by atoms with Crippen LogP contribution in [0.25, 0.3) is 0 Å². The summed E-state index contributed by atoms with van der Waals surface area (Å²) in [7, 11) is 0. The third-order valence-electron chi connectivity index (χ3n) is 1.98. The molecule has 4 heteroatoms. The third kappa shape index (κ3) is 2.73. The van der Waals surface area contributed by atoms with E-state index < -0.39 is 0 Å². The van der Waals surface area contributed by atoms with E-state index in [0.29, 0.717) is 11.6 Å². The normalized spacial score (nSPS) is 10.3. The van der Waals surface area contributed by atoms with Crippen LogP contribution >= 0.6 is 11.6 Å². The van der Waals surface area contributed by atoms with Gasteiger partial charge in [-0.2, -0.15) is 0 Å². The van der Waals surface area contributed by atoms with Gasteiger partial charge in [-0.15, -0.1) is 0 Å². The summed E-state index contributed by atoms with van der Waals surface area (Å²) in [6.07, 6.45) is 4.20. The van der Waals surface area contributed by atoms with Gasteiger partial charge < -0.3 is 0 Å². The van der Waals surface area contributed by atoms with Gasteiger partial charge in [0, 0.05) is 24.5 Å². The second-order valence-electron chi connectivity index (χ2n) is 3.28. The van der Waals surface area contributed by atoms with Crippen LogP contribution in [0.15, 0.2) is 30.6 Å². The highest BCUT2D eigenvalue weighted by molar-refractivity contribution is 6.29. The first-order valence-corrected chi connectivity index (χ1v) is 5.01. The smallest absolute Gasteiger partial charge is 0.134 e. The van der Waals surface area contributed by atoms with E-state index >= 15 is 0 Å². The molecule has 0 unspecified atom stereocenters.